The highest BCUT2D eigenvalue weighted by Gasteiger charge is 2.45. The van der Waals surface area contributed by atoms with Crippen LogP contribution in [0, 0.1) is 0 Å². The molecule has 0 fully saturated rings. The summed E-state index contributed by atoms with van der Waals surface area (Å²) in [6.45, 7) is -0.0692. The lowest BCUT2D eigenvalue weighted by Gasteiger charge is -2.25. The molecule has 0 aliphatic carbocycles. The topological polar surface area (TPSA) is 72.5 Å². The number of alkyl halides is 3. The Balaban J connectivity index is 2.17. The van der Waals surface area contributed by atoms with Crippen LogP contribution >= 0.6 is 46.4 Å². The Bertz CT molecular complexity index is 852. The summed E-state index contributed by atoms with van der Waals surface area (Å²) in [6.07, 6.45) is -1.04. The second-order valence-corrected chi connectivity index (χ2v) is 9.96. The molecule has 0 spiro atoms. The molecule has 2 aromatic rings. The predicted molar refractivity (Wildman–Crippen MR) is 102 cm³/mol. The quantitative estimate of drug-likeness (QED) is 0.659. The van der Waals surface area contributed by atoms with Gasteiger partial charge in [-0.25, -0.2) is 13.2 Å². The lowest BCUT2D eigenvalue weighted by atomic mass is 10.2. The van der Waals surface area contributed by atoms with Crippen LogP contribution < -0.4 is 5.32 Å². The normalized spacial score (nSPS) is 13.1. The number of carbonyl (C=O) groups excluding carboxylic acids is 1. The van der Waals surface area contributed by atoms with E-state index in [2.05, 4.69) is 5.32 Å². The minimum Gasteiger partial charge on any atom is -0.445 e. The van der Waals surface area contributed by atoms with Crippen LogP contribution in [0.5, 0.6) is 0 Å². The average molecular weight is 457 g/mol. The highest BCUT2D eigenvalue weighted by Crippen LogP contribution is 2.36. The monoisotopic (exact) mass is 455 g/mol. The van der Waals surface area contributed by atoms with Crippen molar-refractivity contribution in [3.63, 3.8) is 0 Å². The van der Waals surface area contributed by atoms with E-state index in [0.29, 0.717) is 10.6 Å². The molecule has 1 N–H and O–H groups in total. The highest BCUT2D eigenvalue weighted by molar-refractivity contribution is 7.92. The van der Waals surface area contributed by atoms with Crippen molar-refractivity contribution in [1.29, 1.82) is 0 Å². The smallest absolute Gasteiger partial charge is 0.408 e. The van der Waals surface area contributed by atoms with Crippen molar-refractivity contribution in [3.8, 4) is 0 Å². The summed E-state index contributed by atoms with van der Waals surface area (Å²) in [5.74, 6) is 0. The molecule has 140 valence electrons. The van der Waals surface area contributed by atoms with Crippen LogP contribution in [0.4, 0.5) is 4.79 Å². The molecular formula is C16H13Cl4NO4S. The molecular weight excluding hydrogens is 444 g/mol. The second kappa shape index (κ2) is 8.67. The number of halogens is 4. The Hall–Kier alpha value is -1.18. The minimum atomic E-state index is -4.22. The van der Waals surface area contributed by atoms with E-state index in [1.807, 2.05) is 0 Å². The zero-order chi connectivity index (χ0) is 19.4. The summed E-state index contributed by atoms with van der Waals surface area (Å²) in [5.41, 5.74) is 0.716. The minimum absolute atomic E-state index is 0.0692. The van der Waals surface area contributed by atoms with Crippen LogP contribution in [0.3, 0.4) is 0 Å². The van der Waals surface area contributed by atoms with Gasteiger partial charge in [-0.3, -0.25) is 0 Å². The van der Waals surface area contributed by atoms with Crippen molar-refractivity contribution in [2.75, 3.05) is 0 Å². The van der Waals surface area contributed by atoms with Crippen molar-refractivity contribution in [1.82, 2.24) is 5.32 Å². The van der Waals surface area contributed by atoms with Crippen molar-refractivity contribution in [3.05, 3.63) is 65.2 Å². The molecule has 0 radical (unpaired) electrons. The van der Waals surface area contributed by atoms with E-state index in [4.69, 9.17) is 51.1 Å². The molecule has 0 bridgehead atoms. The van der Waals surface area contributed by atoms with E-state index in [0.717, 1.165) is 0 Å². The van der Waals surface area contributed by atoms with Gasteiger partial charge in [-0.1, -0.05) is 76.7 Å². The third-order valence-corrected chi connectivity index (χ3v) is 6.53. The molecule has 0 aliphatic heterocycles. The molecule has 26 heavy (non-hydrogen) atoms. The maximum atomic E-state index is 12.7. The number of alkyl carbamates (subject to hydrolysis) is 1. The van der Waals surface area contributed by atoms with E-state index < -0.39 is 25.1 Å². The van der Waals surface area contributed by atoms with Gasteiger partial charge < -0.3 is 10.1 Å². The number of sulfone groups is 1. The van der Waals surface area contributed by atoms with Crippen LogP contribution in [-0.4, -0.2) is 23.7 Å². The second-order valence-electron chi connectivity index (χ2n) is 5.13. The number of carbonyl (C=O) groups is 1. The Morgan fingerprint density at radius 3 is 2.15 bits per heavy atom. The van der Waals surface area contributed by atoms with E-state index in [1.54, 1.807) is 30.3 Å². The van der Waals surface area contributed by atoms with Gasteiger partial charge in [0.05, 0.1) is 4.90 Å². The number of amides is 1. The van der Waals surface area contributed by atoms with E-state index >= 15 is 0 Å². The first-order chi connectivity index (χ1) is 12.1. The fraction of sp³-hybridized carbons (Fsp3) is 0.188. The molecule has 5 nitrogen and oxygen atoms in total. The SMILES string of the molecule is O=C(NC(C(Cl)(Cl)Cl)S(=O)(=O)c1ccc(Cl)cc1)OCc1ccccc1. The molecule has 10 heteroatoms. The van der Waals surface area contributed by atoms with Gasteiger partial charge in [0, 0.05) is 5.02 Å². The third kappa shape index (κ3) is 5.66. The van der Waals surface area contributed by atoms with Gasteiger partial charge in [0.2, 0.25) is 13.6 Å². The fourth-order valence-corrected chi connectivity index (χ4v) is 4.70. The zero-order valence-corrected chi connectivity index (χ0v) is 16.9. The number of hydrogen-bond acceptors (Lipinski definition) is 4. The number of nitrogens with one attached hydrogen (secondary N) is 1. The van der Waals surface area contributed by atoms with Gasteiger partial charge in [-0.05, 0) is 29.8 Å². The standard InChI is InChI=1S/C16H13Cl4NO4S/c17-12-6-8-13(9-7-12)26(23,24)14(16(18,19)20)21-15(22)25-10-11-4-2-1-3-5-11/h1-9,14H,10H2,(H,21,22). The molecule has 2 rings (SSSR count). The van der Waals surface area contributed by atoms with Gasteiger partial charge in [0.25, 0.3) is 0 Å². The lowest BCUT2D eigenvalue weighted by Crippen LogP contribution is -2.49. The summed E-state index contributed by atoms with van der Waals surface area (Å²) < 4.78 is 28.1. The Kier molecular flexibility index (Phi) is 7.05. The highest BCUT2D eigenvalue weighted by atomic mass is 35.6. The number of rotatable bonds is 5. The Labute approximate surface area is 171 Å². The number of hydrogen-bond donors (Lipinski definition) is 1. The van der Waals surface area contributed by atoms with Gasteiger partial charge in [-0.2, -0.15) is 0 Å². The average Bonchev–Trinajstić information content (AvgIpc) is 2.58. The molecule has 1 amide bonds. The summed E-state index contributed by atoms with van der Waals surface area (Å²) in [4.78, 5) is 11.8. The summed E-state index contributed by atoms with van der Waals surface area (Å²) in [5, 5.41) is 0.583. The molecule has 0 saturated heterocycles. The summed E-state index contributed by atoms with van der Waals surface area (Å²) in [7, 11) is -4.22. The van der Waals surface area contributed by atoms with Crippen molar-refractivity contribution < 1.29 is 17.9 Å². The first-order valence-electron chi connectivity index (χ1n) is 7.14. The predicted octanol–water partition coefficient (Wildman–Crippen LogP) is 4.74. The van der Waals surface area contributed by atoms with Gasteiger partial charge in [0.15, 0.2) is 5.37 Å². The molecule has 1 unspecified atom stereocenters. The largest absolute Gasteiger partial charge is 0.445 e. The molecule has 0 aromatic heterocycles. The first-order valence-corrected chi connectivity index (χ1v) is 10.2. The Morgan fingerprint density at radius 2 is 1.62 bits per heavy atom. The maximum absolute atomic E-state index is 12.7. The van der Waals surface area contributed by atoms with Gasteiger partial charge in [0.1, 0.15) is 6.61 Å². The van der Waals surface area contributed by atoms with Crippen molar-refractivity contribution in [2.24, 2.45) is 0 Å². The van der Waals surface area contributed by atoms with Crippen molar-refractivity contribution >= 4 is 62.3 Å². The van der Waals surface area contributed by atoms with Crippen LogP contribution in [0.2, 0.25) is 5.02 Å². The van der Waals surface area contributed by atoms with Crippen LogP contribution in [0.15, 0.2) is 59.5 Å². The van der Waals surface area contributed by atoms with Crippen molar-refractivity contribution in [2.45, 2.75) is 20.7 Å². The summed E-state index contributed by atoms with van der Waals surface area (Å²) in [6, 6.07) is 14.1. The van der Waals surface area contributed by atoms with Crippen LogP contribution in [0.1, 0.15) is 5.56 Å². The maximum Gasteiger partial charge on any atom is 0.408 e. The lowest BCUT2D eigenvalue weighted by molar-refractivity contribution is 0.138. The number of ether oxygens (including phenoxy) is 1. The van der Waals surface area contributed by atoms with E-state index in [1.165, 1.54) is 24.3 Å². The third-order valence-electron chi connectivity index (χ3n) is 3.21. The number of benzene rings is 2. The van der Waals surface area contributed by atoms with E-state index in [9.17, 15) is 13.2 Å². The zero-order valence-electron chi connectivity index (χ0n) is 13.0. The molecule has 1 atom stereocenters. The Morgan fingerprint density at radius 1 is 1.04 bits per heavy atom. The molecule has 0 saturated carbocycles. The van der Waals surface area contributed by atoms with Crippen LogP contribution in [0.25, 0.3) is 0 Å². The molecule has 2 aromatic carbocycles. The first kappa shape index (κ1) is 21.1. The fourth-order valence-electron chi connectivity index (χ4n) is 1.97. The van der Waals surface area contributed by atoms with Crippen LogP contribution in [-0.2, 0) is 21.2 Å². The molecule has 0 aliphatic rings. The van der Waals surface area contributed by atoms with Gasteiger partial charge in [-0.15, -0.1) is 0 Å². The van der Waals surface area contributed by atoms with E-state index in [-0.39, 0.29) is 11.5 Å². The molecule has 0 heterocycles. The summed E-state index contributed by atoms with van der Waals surface area (Å²) >= 11 is 23.1. The van der Waals surface area contributed by atoms with Gasteiger partial charge >= 0.3 is 6.09 Å².